The van der Waals surface area contributed by atoms with Crippen LogP contribution in [0.4, 0.5) is 4.39 Å². The average molecular weight is 556 g/mol. The topological polar surface area (TPSA) is 55.7 Å². The highest BCUT2D eigenvalue weighted by Crippen LogP contribution is 2.38. The molecule has 0 saturated carbocycles. The number of nitrogens with zero attached hydrogens (tertiary/aromatic N) is 2. The fraction of sp³-hybridized carbons (Fsp3) is 0.382. The van der Waals surface area contributed by atoms with Gasteiger partial charge in [0.15, 0.2) is 0 Å². The number of rotatable bonds is 10. The first kappa shape index (κ1) is 27.3. The van der Waals surface area contributed by atoms with E-state index in [1.54, 1.807) is 19.2 Å². The van der Waals surface area contributed by atoms with Crippen LogP contribution in [0.2, 0.25) is 0 Å². The number of hydrogen-bond donors (Lipinski definition) is 1. The number of ether oxygens (including phenoxy) is 2. The molecule has 1 N–H and O–H groups in total. The Morgan fingerprint density at radius 2 is 1.76 bits per heavy atom. The second-order valence-electron chi connectivity index (χ2n) is 11.4. The zero-order chi connectivity index (χ0) is 28.3. The van der Waals surface area contributed by atoms with Gasteiger partial charge < -0.3 is 19.4 Å². The Kier molecular flexibility index (Phi) is 7.97. The number of halogens is 1. The van der Waals surface area contributed by atoms with Crippen molar-refractivity contribution in [3.05, 3.63) is 95.4 Å². The smallest absolute Gasteiger partial charge is 0.253 e. The molecule has 2 fully saturated rings. The molecule has 214 valence electrons. The summed E-state index contributed by atoms with van der Waals surface area (Å²) in [4.78, 5) is 16.0. The number of methoxy groups -OCH3 is 1. The lowest BCUT2D eigenvalue weighted by Gasteiger charge is -2.39. The third-order valence-corrected chi connectivity index (χ3v) is 8.63. The third kappa shape index (κ3) is 5.96. The van der Waals surface area contributed by atoms with Crippen molar-refractivity contribution in [3.63, 3.8) is 0 Å². The van der Waals surface area contributed by atoms with Crippen molar-refractivity contribution in [2.45, 2.75) is 70.3 Å². The number of aryl methyl sites for hydroxylation is 2. The minimum Gasteiger partial charge on any atom is -0.495 e. The Morgan fingerprint density at radius 1 is 1.00 bits per heavy atom. The highest BCUT2D eigenvalue weighted by Gasteiger charge is 2.41. The first-order chi connectivity index (χ1) is 20.0. The molecule has 4 aromatic rings. The Bertz CT molecular complexity index is 1500. The van der Waals surface area contributed by atoms with Gasteiger partial charge in [-0.05, 0) is 74.9 Å². The molecule has 2 bridgehead atoms. The molecule has 6 rings (SSSR count). The Labute approximate surface area is 241 Å². The summed E-state index contributed by atoms with van der Waals surface area (Å²) < 4.78 is 27.4. The van der Waals surface area contributed by atoms with E-state index in [0.717, 1.165) is 60.3 Å². The molecule has 3 heterocycles. The van der Waals surface area contributed by atoms with Crippen LogP contribution in [0, 0.1) is 12.7 Å². The number of aromatic nitrogens is 1. The van der Waals surface area contributed by atoms with Crippen molar-refractivity contribution in [3.8, 4) is 11.5 Å². The lowest BCUT2D eigenvalue weighted by Crippen LogP contribution is -2.46. The van der Waals surface area contributed by atoms with Crippen LogP contribution in [0.25, 0.3) is 10.9 Å². The normalized spacial score (nSPS) is 20.3. The van der Waals surface area contributed by atoms with E-state index >= 15 is 0 Å². The number of carbonyl (C=O) groups excluding carboxylic acids is 1. The summed E-state index contributed by atoms with van der Waals surface area (Å²) in [5.74, 6) is 1.20. The van der Waals surface area contributed by atoms with Crippen molar-refractivity contribution in [2.24, 2.45) is 0 Å². The minimum absolute atomic E-state index is 0.0789. The predicted molar refractivity (Wildman–Crippen MR) is 159 cm³/mol. The number of amides is 1. The quantitative estimate of drug-likeness (QED) is 0.243. The van der Waals surface area contributed by atoms with Gasteiger partial charge in [-0.3, -0.25) is 9.69 Å². The third-order valence-electron chi connectivity index (χ3n) is 8.63. The lowest BCUT2D eigenvalue weighted by molar-refractivity contribution is 0.0481. The van der Waals surface area contributed by atoms with Crippen molar-refractivity contribution in [2.75, 3.05) is 13.7 Å². The molecule has 0 aliphatic carbocycles. The fourth-order valence-electron chi connectivity index (χ4n) is 6.76. The predicted octanol–water partition coefficient (Wildman–Crippen LogP) is 6.49. The first-order valence-electron chi connectivity index (χ1n) is 14.7. The zero-order valence-electron chi connectivity index (χ0n) is 23.8. The summed E-state index contributed by atoms with van der Waals surface area (Å²) in [5, 5.41) is 4.01. The van der Waals surface area contributed by atoms with Gasteiger partial charge in [-0.1, -0.05) is 42.0 Å². The largest absolute Gasteiger partial charge is 0.495 e. The second-order valence-corrected chi connectivity index (χ2v) is 11.4. The molecular weight excluding hydrogens is 517 g/mol. The van der Waals surface area contributed by atoms with E-state index in [-0.39, 0.29) is 17.8 Å². The molecule has 3 aromatic carbocycles. The molecule has 2 aliphatic rings. The number of benzene rings is 3. The molecule has 41 heavy (non-hydrogen) atoms. The summed E-state index contributed by atoms with van der Waals surface area (Å²) in [5.41, 5.74) is 3.90. The van der Waals surface area contributed by atoms with Crippen LogP contribution in [-0.4, -0.2) is 47.2 Å². The fourth-order valence-corrected chi connectivity index (χ4v) is 6.76. The van der Waals surface area contributed by atoms with Crippen molar-refractivity contribution < 1.29 is 18.7 Å². The van der Waals surface area contributed by atoms with Crippen LogP contribution in [0.15, 0.2) is 72.9 Å². The number of piperidine rings is 1. The zero-order valence-corrected chi connectivity index (χ0v) is 23.8. The summed E-state index contributed by atoms with van der Waals surface area (Å²) in [6.07, 6.45) is 7.52. The SMILES string of the molecule is COc1cccc2c(C(=O)NCc3cccc(C)c3)cn(CCCN3C4CCC3CC(Oc3ccc(F)cc3)C4)c12. The molecule has 2 unspecified atom stereocenters. The minimum atomic E-state index is -0.240. The van der Waals surface area contributed by atoms with E-state index in [9.17, 15) is 9.18 Å². The molecule has 1 aromatic heterocycles. The maximum absolute atomic E-state index is 13.3. The van der Waals surface area contributed by atoms with Gasteiger partial charge in [0.05, 0.1) is 18.2 Å². The van der Waals surface area contributed by atoms with E-state index in [2.05, 4.69) is 33.8 Å². The van der Waals surface area contributed by atoms with E-state index < -0.39 is 0 Å². The van der Waals surface area contributed by atoms with E-state index in [1.807, 2.05) is 36.5 Å². The van der Waals surface area contributed by atoms with Crippen LogP contribution in [0.3, 0.4) is 0 Å². The van der Waals surface area contributed by atoms with Gasteiger partial charge in [0.2, 0.25) is 0 Å². The molecule has 7 heteroatoms. The molecule has 2 aliphatic heterocycles. The average Bonchev–Trinajstić information content (AvgIpc) is 3.46. The molecular formula is C34H38FN3O3. The standard InChI is InChI=1S/C34H38FN3O3/c1-23-6-3-7-24(18-23)21-36-34(39)31-22-37(33-30(31)8-4-9-32(33)40-2)16-5-17-38-26-12-13-27(38)20-29(19-26)41-28-14-10-25(35)11-15-28/h3-4,6-11,14-15,18,22,26-27,29H,5,12-13,16-17,19-21H2,1-2H3,(H,36,39). The maximum Gasteiger partial charge on any atom is 0.253 e. The molecule has 6 nitrogen and oxygen atoms in total. The van der Waals surface area contributed by atoms with E-state index in [0.29, 0.717) is 24.2 Å². The monoisotopic (exact) mass is 555 g/mol. The van der Waals surface area contributed by atoms with Crippen LogP contribution in [0.1, 0.15) is 53.6 Å². The van der Waals surface area contributed by atoms with Crippen molar-refractivity contribution in [1.82, 2.24) is 14.8 Å². The van der Waals surface area contributed by atoms with E-state index in [4.69, 9.17) is 9.47 Å². The first-order valence-corrected chi connectivity index (χ1v) is 14.7. The Balaban J connectivity index is 1.11. The number of para-hydroxylation sites is 1. The van der Waals surface area contributed by atoms with Gasteiger partial charge >= 0.3 is 0 Å². The maximum atomic E-state index is 13.3. The highest BCUT2D eigenvalue weighted by atomic mass is 19.1. The Hall–Kier alpha value is -3.84. The highest BCUT2D eigenvalue weighted by molar-refractivity contribution is 6.08. The number of hydrogen-bond acceptors (Lipinski definition) is 4. The van der Waals surface area contributed by atoms with Gasteiger partial charge in [-0.15, -0.1) is 0 Å². The molecule has 0 radical (unpaired) electrons. The van der Waals surface area contributed by atoms with Gasteiger partial charge in [0, 0.05) is 43.3 Å². The molecule has 2 atom stereocenters. The number of fused-ring (bicyclic) bond motifs is 3. The second kappa shape index (κ2) is 12.0. The van der Waals surface area contributed by atoms with Gasteiger partial charge in [0.25, 0.3) is 5.91 Å². The van der Waals surface area contributed by atoms with E-state index in [1.165, 1.54) is 30.5 Å². The van der Waals surface area contributed by atoms with Gasteiger partial charge in [-0.2, -0.15) is 0 Å². The van der Waals surface area contributed by atoms with Gasteiger partial charge in [0.1, 0.15) is 23.4 Å². The molecule has 2 saturated heterocycles. The number of carbonyl (C=O) groups is 1. The van der Waals surface area contributed by atoms with Gasteiger partial charge in [-0.25, -0.2) is 4.39 Å². The van der Waals surface area contributed by atoms with Crippen LogP contribution < -0.4 is 14.8 Å². The Morgan fingerprint density at radius 3 is 2.49 bits per heavy atom. The summed E-state index contributed by atoms with van der Waals surface area (Å²) >= 11 is 0. The summed E-state index contributed by atoms with van der Waals surface area (Å²) in [6.45, 7) is 4.34. The van der Waals surface area contributed by atoms with Crippen molar-refractivity contribution >= 4 is 16.8 Å². The summed E-state index contributed by atoms with van der Waals surface area (Å²) in [7, 11) is 1.68. The molecule has 1 amide bonds. The summed E-state index contributed by atoms with van der Waals surface area (Å²) in [6, 6.07) is 21.5. The van der Waals surface area contributed by atoms with Crippen LogP contribution in [-0.2, 0) is 13.1 Å². The number of nitrogens with one attached hydrogen (secondary N) is 1. The van der Waals surface area contributed by atoms with Crippen LogP contribution in [0.5, 0.6) is 11.5 Å². The molecule has 0 spiro atoms. The van der Waals surface area contributed by atoms with Crippen LogP contribution >= 0.6 is 0 Å². The lowest BCUT2D eigenvalue weighted by atomic mass is 9.99. The van der Waals surface area contributed by atoms with Crippen molar-refractivity contribution in [1.29, 1.82) is 0 Å².